The molecule has 0 aliphatic heterocycles. The highest BCUT2D eigenvalue weighted by atomic mass is 14.7. The van der Waals surface area contributed by atoms with E-state index in [0.717, 1.165) is 17.8 Å². The summed E-state index contributed by atoms with van der Waals surface area (Å²) in [5.41, 5.74) is 13.3. The highest BCUT2D eigenvalue weighted by Crippen LogP contribution is 2.46. The van der Waals surface area contributed by atoms with Crippen LogP contribution in [0.3, 0.4) is 0 Å². The van der Waals surface area contributed by atoms with Crippen molar-refractivity contribution in [2.75, 3.05) is 5.73 Å². The Morgan fingerprint density at radius 2 is 1.64 bits per heavy atom. The van der Waals surface area contributed by atoms with Crippen LogP contribution in [0.25, 0.3) is 22.0 Å². The lowest BCUT2D eigenvalue weighted by Gasteiger charge is -2.29. The molecule has 0 amide bonds. The zero-order valence-corrected chi connectivity index (χ0v) is 13.8. The van der Waals surface area contributed by atoms with Gasteiger partial charge in [0.25, 0.3) is 0 Å². The molecule has 1 aliphatic rings. The molecule has 2 heteroatoms. The second-order valence-corrected chi connectivity index (χ2v) is 6.65. The minimum Gasteiger partial charge on any atom is -0.398 e. The van der Waals surface area contributed by atoms with E-state index in [1.54, 1.807) is 0 Å². The van der Waals surface area contributed by atoms with Crippen molar-refractivity contribution in [2.24, 2.45) is 0 Å². The van der Waals surface area contributed by atoms with E-state index in [2.05, 4.69) is 60.7 Å². The van der Waals surface area contributed by atoms with E-state index in [9.17, 15) is 0 Å². The van der Waals surface area contributed by atoms with Gasteiger partial charge in [-0.2, -0.15) is 0 Å². The van der Waals surface area contributed by atoms with Gasteiger partial charge in [-0.3, -0.25) is 4.98 Å². The molecule has 1 heterocycles. The Balaban J connectivity index is 1.88. The van der Waals surface area contributed by atoms with E-state index >= 15 is 0 Å². The summed E-state index contributed by atoms with van der Waals surface area (Å²) in [4.78, 5) is 4.85. The number of nitrogens with zero attached hydrogens (tertiary/aromatic N) is 1. The van der Waals surface area contributed by atoms with Gasteiger partial charge in [-0.05, 0) is 34.6 Å². The summed E-state index contributed by atoms with van der Waals surface area (Å²) in [5, 5.41) is 2.48. The lowest BCUT2D eigenvalue weighted by molar-refractivity contribution is 0.796. The molecule has 1 unspecified atom stereocenters. The maximum atomic E-state index is 6.32. The summed E-state index contributed by atoms with van der Waals surface area (Å²) in [6.45, 7) is 0. The van der Waals surface area contributed by atoms with E-state index in [1.165, 1.54) is 33.0 Å². The van der Waals surface area contributed by atoms with Crippen molar-refractivity contribution < 1.29 is 0 Å². The zero-order chi connectivity index (χ0) is 16.8. The Bertz CT molecular complexity index is 1080. The molecule has 0 bridgehead atoms. The molecule has 1 aromatic heterocycles. The summed E-state index contributed by atoms with van der Waals surface area (Å²) in [5.74, 6) is 0.270. The third kappa shape index (κ3) is 2.14. The smallest absolute Gasteiger partial charge is 0.0750 e. The van der Waals surface area contributed by atoms with Crippen LogP contribution in [0, 0.1) is 0 Å². The molecule has 25 heavy (non-hydrogen) atoms. The molecule has 4 aromatic rings. The van der Waals surface area contributed by atoms with Gasteiger partial charge in [0.2, 0.25) is 0 Å². The van der Waals surface area contributed by atoms with Gasteiger partial charge in [0.15, 0.2) is 0 Å². The van der Waals surface area contributed by atoms with Gasteiger partial charge in [0.05, 0.1) is 5.69 Å². The van der Waals surface area contributed by atoms with Gasteiger partial charge < -0.3 is 5.73 Å². The molecular weight excluding hydrogens is 304 g/mol. The largest absolute Gasteiger partial charge is 0.398 e. The SMILES string of the molecule is Nc1cccc2c1CC(c1ccccc1)c1c-2ncc2ccccc12. The fourth-order valence-electron chi connectivity index (χ4n) is 4.08. The van der Waals surface area contributed by atoms with E-state index in [-0.39, 0.29) is 5.92 Å². The number of fused-ring (bicyclic) bond motifs is 5. The molecule has 0 fully saturated rings. The minimum atomic E-state index is 0.270. The summed E-state index contributed by atoms with van der Waals surface area (Å²) >= 11 is 0. The van der Waals surface area contributed by atoms with Crippen LogP contribution in [0.15, 0.2) is 79.0 Å². The Morgan fingerprint density at radius 1 is 0.840 bits per heavy atom. The Labute approximate surface area is 147 Å². The number of rotatable bonds is 1. The van der Waals surface area contributed by atoms with Gasteiger partial charge >= 0.3 is 0 Å². The van der Waals surface area contributed by atoms with Crippen molar-refractivity contribution >= 4 is 16.5 Å². The van der Waals surface area contributed by atoms with Crippen molar-refractivity contribution in [3.63, 3.8) is 0 Å². The first-order valence-corrected chi connectivity index (χ1v) is 8.63. The average Bonchev–Trinajstić information content (AvgIpc) is 2.68. The van der Waals surface area contributed by atoms with Crippen molar-refractivity contribution in [1.82, 2.24) is 4.98 Å². The van der Waals surface area contributed by atoms with Gasteiger partial charge in [0, 0.05) is 28.8 Å². The van der Waals surface area contributed by atoms with Crippen LogP contribution in [0.5, 0.6) is 0 Å². The van der Waals surface area contributed by atoms with Crippen LogP contribution in [-0.2, 0) is 6.42 Å². The Morgan fingerprint density at radius 3 is 2.52 bits per heavy atom. The van der Waals surface area contributed by atoms with E-state index in [1.807, 2.05) is 18.3 Å². The van der Waals surface area contributed by atoms with Crippen LogP contribution in [-0.4, -0.2) is 4.98 Å². The Kier molecular flexibility index (Phi) is 3.10. The first-order valence-electron chi connectivity index (χ1n) is 8.63. The number of hydrogen-bond acceptors (Lipinski definition) is 2. The van der Waals surface area contributed by atoms with Gasteiger partial charge in [-0.15, -0.1) is 0 Å². The van der Waals surface area contributed by atoms with E-state index in [0.29, 0.717) is 0 Å². The van der Waals surface area contributed by atoms with Crippen LogP contribution in [0.4, 0.5) is 5.69 Å². The summed E-state index contributed by atoms with van der Waals surface area (Å²) in [7, 11) is 0. The molecule has 0 spiro atoms. The molecule has 0 saturated heterocycles. The van der Waals surface area contributed by atoms with Crippen LogP contribution < -0.4 is 5.73 Å². The van der Waals surface area contributed by atoms with Crippen molar-refractivity contribution in [1.29, 1.82) is 0 Å². The quantitative estimate of drug-likeness (QED) is 0.491. The third-order valence-corrected chi connectivity index (χ3v) is 5.26. The molecule has 2 nitrogen and oxygen atoms in total. The van der Waals surface area contributed by atoms with Gasteiger partial charge in [-0.1, -0.05) is 66.7 Å². The fraction of sp³-hybridized carbons (Fsp3) is 0.0870. The van der Waals surface area contributed by atoms with Crippen molar-refractivity contribution in [3.05, 3.63) is 95.7 Å². The van der Waals surface area contributed by atoms with E-state index < -0.39 is 0 Å². The number of aromatic nitrogens is 1. The predicted molar refractivity (Wildman–Crippen MR) is 104 cm³/mol. The molecule has 0 saturated carbocycles. The Hall–Kier alpha value is -3.13. The summed E-state index contributed by atoms with van der Waals surface area (Å²) in [6, 6.07) is 25.4. The zero-order valence-electron chi connectivity index (χ0n) is 13.8. The summed E-state index contributed by atoms with van der Waals surface area (Å²) < 4.78 is 0. The van der Waals surface area contributed by atoms with Crippen LogP contribution in [0.1, 0.15) is 22.6 Å². The molecule has 1 atom stereocenters. The number of nitrogen functional groups attached to an aromatic ring is 1. The lowest BCUT2D eigenvalue weighted by Crippen LogP contribution is -2.15. The number of hydrogen-bond donors (Lipinski definition) is 1. The standard InChI is InChI=1S/C23H18N2/c24-21-12-6-11-18-20(21)13-19(15-7-2-1-3-8-15)22-17-10-5-4-9-16(17)14-25-23(18)22/h1-12,14,19H,13,24H2. The first-order chi connectivity index (χ1) is 12.3. The second kappa shape index (κ2) is 5.45. The molecule has 5 rings (SSSR count). The molecule has 0 radical (unpaired) electrons. The summed E-state index contributed by atoms with van der Waals surface area (Å²) in [6.07, 6.45) is 2.89. The van der Waals surface area contributed by atoms with Crippen LogP contribution >= 0.6 is 0 Å². The highest BCUT2D eigenvalue weighted by Gasteiger charge is 2.29. The number of pyridine rings is 1. The van der Waals surface area contributed by atoms with Gasteiger partial charge in [0.1, 0.15) is 0 Å². The number of nitrogens with two attached hydrogens (primary N) is 1. The highest BCUT2D eigenvalue weighted by molar-refractivity contribution is 5.93. The van der Waals surface area contributed by atoms with Crippen molar-refractivity contribution in [3.8, 4) is 11.3 Å². The fourth-order valence-corrected chi connectivity index (χ4v) is 4.08. The molecule has 1 aliphatic carbocycles. The molecule has 2 N–H and O–H groups in total. The normalized spacial score (nSPS) is 15.6. The minimum absolute atomic E-state index is 0.270. The van der Waals surface area contributed by atoms with E-state index in [4.69, 9.17) is 10.7 Å². The maximum absolute atomic E-state index is 6.32. The lowest BCUT2D eigenvalue weighted by atomic mass is 9.75. The number of anilines is 1. The second-order valence-electron chi connectivity index (χ2n) is 6.65. The third-order valence-electron chi connectivity index (χ3n) is 5.26. The number of benzene rings is 3. The first kappa shape index (κ1) is 14.2. The van der Waals surface area contributed by atoms with Crippen LogP contribution in [0.2, 0.25) is 0 Å². The molecule has 3 aromatic carbocycles. The molecule has 120 valence electrons. The monoisotopic (exact) mass is 322 g/mol. The average molecular weight is 322 g/mol. The van der Waals surface area contributed by atoms with Crippen molar-refractivity contribution in [2.45, 2.75) is 12.3 Å². The maximum Gasteiger partial charge on any atom is 0.0750 e. The topological polar surface area (TPSA) is 38.9 Å². The van der Waals surface area contributed by atoms with Gasteiger partial charge in [-0.25, -0.2) is 0 Å². The predicted octanol–water partition coefficient (Wildman–Crippen LogP) is 5.17. The molecular formula is C23H18N2.